The summed E-state index contributed by atoms with van der Waals surface area (Å²) in [4.78, 5) is 14.5. The SMILES string of the molecule is Cc1cc(C)n(C2CN(CC(=O)NCC3(c4ccccc4)CC3)C2)n1. The summed E-state index contributed by atoms with van der Waals surface area (Å²) < 4.78 is 2.10. The number of amides is 1. The largest absolute Gasteiger partial charge is 0.354 e. The van der Waals surface area contributed by atoms with Crippen molar-refractivity contribution < 1.29 is 4.79 Å². The van der Waals surface area contributed by atoms with Gasteiger partial charge in [-0.2, -0.15) is 5.10 Å². The average molecular weight is 338 g/mol. The molecule has 4 rings (SSSR count). The number of benzene rings is 1. The van der Waals surface area contributed by atoms with Crippen LogP contribution in [0, 0.1) is 13.8 Å². The van der Waals surface area contributed by atoms with E-state index in [1.165, 1.54) is 24.1 Å². The summed E-state index contributed by atoms with van der Waals surface area (Å²) in [7, 11) is 0. The zero-order valence-corrected chi connectivity index (χ0v) is 15.0. The molecule has 0 radical (unpaired) electrons. The van der Waals surface area contributed by atoms with Gasteiger partial charge in [0.05, 0.1) is 18.3 Å². The van der Waals surface area contributed by atoms with Crippen molar-refractivity contribution >= 4 is 5.91 Å². The molecule has 1 aromatic carbocycles. The molecule has 1 saturated carbocycles. The third-order valence-corrected chi connectivity index (χ3v) is 5.56. The van der Waals surface area contributed by atoms with Crippen molar-refractivity contribution in [1.82, 2.24) is 20.0 Å². The Bertz CT molecular complexity index is 757. The van der Waals surface area contributed by atoms with Gasteiger partial charge in [-0.15, -0.1) is 0 Å². The van der Waals surface area contributed by atoms with E-state index in [0.29, 0.717) is 12.6 Å². The van der Waals surface area contributed by atoms with Crippen LogP contribution >= 0.6 is 0 Å². The van der Waals surface area contributed by atoms with Gasteiger partial charge in [-0.25, -0.2) is 0 Å². The topological polar surface area (TPSA) is 50.2 Å². The second-order valence-electron chi connectivity index (χ2n) is 7.64. The maximum atomic E-state index is 12.3. The van der Waals surface area contributed by atoms with Gasteiger partial charge in [0.1, 0.15) is 0 Å². The predicted octanol–water partition coefficient (Wildman–Crippen LogP) is 2.20. The lowest BCUT2D eigenvalue weighted by atomic mass is 9.96. The standard InChI is InChI=1S/C20H26N4O/c1-15-10-16(2)24(22-15)18-11-23(12-18)13-19(25)21-14-20(8-9-20)17-6-4-3-5-7-17/h3-7,10,18H,8-9,11-14H2,1-2H3,(H,21,25). The first-order chi connectivity index (χ1) is 12.1. The van der Waals surface area contributed by atoms with Crippen LogP contribution < -0.4 is 5.32 Å². The van der Waals surface area contributed by atoms with Gasteiger partial charge in [-0.05, 0) is 38.3 Å². The Morgan fingerprint density at radius 2 is 1.96 bits per heavy atom. The molecule has 2 aromatic rings. The average Bonchev–Trinajstić information content (AvgIpc) is 3.29. The molecule has 1 N–H and O–H groups in total. The lowest BCUT2D eigenvalue weighted by Gasteiger charge is -2.39. The highest BCUT2D eigenvalue weighted by atomic mass is 16.2. The molecule has 25 heavy (non-hydrogen) atoms. The minimum absolute atomic E-state index is 0.133. The third-order valence-electron chi connectivity index (χ3n) is 5.56. The Morgan fingerprint density at radius 3 is 2.56 bits per heavy atom. The number of nitrogens with zero attached hydrogens (tertiary/aromatic N) is 3. The van der Waals surface area contributed by atoms with Crippen LogP contribution in [0.2, 0.25) is 0 Å². The molecule has 132 valence electrons. The number of rotatable bonds is 6. The number of aryl methyl sites for hydroxylation is 2. The van der Waals surface area contributed by atoms with Crippen molar-refractivity contribution in [2.75, 3.05) is 26.2 Å². The van der Waals surface area contributed by atoms with Gasteiger partial charge in [-0.1, -0.05) is 30.3 Å². The van der Waals surface area contributed by atoms with Gasteiger partial charge in [-0.3, -0.25) is 14.4 Å². The minimum atomic E-state index is 0.133. The fourth-order valence-electron chi connectivity index (χ4n) is 3.88. The number of aromatic nitrogens is 2. The summed E-state index contributed by atoms with van der Waals surface area (Å²) in [5.74, 6) is 0.133. The zero-order chi connectivity index (χ0) is 17.4. The van der Waals surface area contributed by atoms with Crippen LogP contribution in [0.3, 0.4) is 0 Å². The molecule has 5 nitrogen and oxygen atoms in total. The van der Waals surface area contributed by atoms with E-state index in [9.17, 15) is 4.79 Å². The van der Waals surface area contributed by atoms with Crippen molar-refractivity contribution in [3.63, 3.8) is 0 Å². The Kier molecular flexibility index (Phi) is 4.12. The number of carbonyl (C=O) groups is 1. The first-order valence-corrected chi connectivity index (χ1v) is 9.13. The number of likely N-dealkylation sites (tertiary alicyclic amines) is 1. The molecule has 0 bridgehead atoms. The number of carbonyl (C=O) groups excluding carboxylic acids is 1. The van der Waals surface area contributed by atoms with Gasteiger partial charge in [0.15, 0.2) is 0 Å². The summed E-state index contributed by atoms with van der Waals surface area (Å²) in [6.07, 6.45) is 2.34. The Labute approximate surface area is 149 Å². The van der Waals surface area contributed by atoms with Gasteiger partial charge in [0.25, 0.3) is 0 Å². The molecule has 0 unspecified atom stereocenters. The summed E-state index contributed by atoms with van der Waals surface area (Å²) in [6, 6.07) is 13.1. The molecule has 2 aliphatic rings. The quantitative estimate of drug-likeness (QED) is 0.878. The van der Waals surface area contributed by atoms with Gasteiger partial charge in [0, 0.05) is 30.7 Å². The van der Waals surface area contributed by atoms with Crippen molar-refractivity contribution in [3.05, 3.63) is 53.3 Å². The van der Waals surface area contributed by atoms with Gasteiger partial charge >= 0.3 is 0 Å². The van der Waals surface area contributed by atoms with Crippen LogP contribution in [-0.4, -0.2) is 46.8 Å². The van der Waals surface area contributed by atoms with E-state index >= 15 is 0 Å². The zero-order valence-electron chi connectivity index (χ0n) is 15.0. The highest BCUT2D eigenvalue weighted by molar-refractivity contribution is 5.78. The molecule has 0 spiro atoms. The van der Waals surface area contributed by atoms with Crippen molar-refractivity contribution in [2.45, 2.75) is 38.1 Å². The molecule has 1 aromatic heterocycles. The van der Waals surface area contributed by atoms with E-state index in [2.05, 4.69) is 57.3 Å². The van der Waals surface area contributed by atoms with E-state index in [-0.39, 0.29) is 11.3 Å². The molecule has 1 aliphatic heterocycles. The van der Waals surface area contributed by atoms with Gasteiger partial charge < -0.3 is 5.32 Å². The molecule has 2 fully saturated rings. The van der Waals surface area contributed by atoms with Crippen LogP contribution in [-0.2, 0) is 10.2 Å². The molecule has 1 amide bonds. The highest BCUT2D eigenvalue weighted by Crippen LogP contribution is 2.47. The second-order valence-corrected chi connectivity index (χ2v) is 7.64. The maximum absolute atomic E-state index is 12.3. The Balaban J connectivity index is 1.24. The Morgan fingerprint density at radius 1 is 1.24 bits per heavy atom. The molecule has 1 aliphatic carbocycles. The third kappa shape index (κ3) is 3.33. The lowest BCUT2D eigenvalue weighted by Crippen LogP contribution is -2.52. The van der Waals surface area contributed by atoms with Crippen LogP contribution in [0.4, 0.5) is 0 Å². The summed E-state index contributed by atoms with van der Waals surface area (Å²) in [5, 5.41) is 7.70. The highest BCUT2D eigenvalue weighted by Gasteiger charge is 2.44. The smallest absolute Gasteiger partial charge is 0.234 e. The summed E-state index contributed by atoms with van der Waals surface area (Å²) >= 11 is 0. The first kappa shape index (κ1) is 16.3. The molecule has 1 saturated heterocycles. The van der Waals surface area contributed by atoms with Gasteiger partial charge in [0.2, 0.25) is 5.91 Å². The number of nitrogens with one attached hydrogen (secondary N) is 1. The van der Waals surface area contributed by atoms with Crippen LogP contribution in [0.15, 0.2) is 36.4 Å². The van der Waals surface area contributed by atoms with E-state index < -0.39 is 0 Å². The van der Waals surface area contributed by atoms with Crippen LogP contribution in [0.25, 0.3) is 0 Å². The van der Waals surface area contributed by atoms with Crippen LogP contribution in [0.5, 0.6) is 0 Å². The van der Waals surface area contributed by atoms with E-state index in [1.54, 1.807) is 0 Å². The van der Waals surface area contributed by atoms with Crippen molar-refractivity contribution in [2.24, 2.45) is 0 Å². The minimum Gasteiger partial charge on any atom is -0.354 e. The van der Waals surface area contributed by atoms with E-state index in [1.807, 2.05) is 13.0 Å². The fourth-order valence-corrected chi connectivity index (χ4v) is 3.88. The number of hydrogen-bond donors (Lipinski definition) is 1. The fraction of sp³-hybridized carbons (Fsp3) is 0.500. The summed E-state index contributed by atoms with van der Waals surface area (Å²) in [5.41, 5.74) is 3.79. The summed E-state index contributed by atoms with van der Waals surface area (Å²) in [6.45, 7) is 7.16. The number of hydrogen-bond acceptors (Lipinski definition) is 3. The molecule has 0 atom stereocenters. The predicted molar refractivity (Wildman–Crippen MR) is 97.5 cm³/mol. The normalized spacial score (nSPS) is 19.4. The van der Waals surface area contributed by atoms with Crippen LogP contribution in [0.1, 0.15) is 35.8 Å². The second kappa shape index (κ2) is 6.30. The monoisotopic (exact) mass is 338 g/mol. The lowest BCUT2D eigenvalue weighted by molar-refractivity contribution is -0.123. The molecule has 2 heterocycles. The van der Waals surface area contributed by atoms with E-state index in [4.69, 9.17) is 0 Å². The maximum Gasteiger partial charge on any atom is 0.234 e. The molecular formula is C20H26N4O. The first-order valence-electron chi connectivity index (χ1n) is 9.13. The Hall–Kier alpha value is -2.14. The molecular weight excluding hydrogens is 312 g/mol. The van der Waals surface area contributed by atoms with E-state index in [0.717, 1.165) is 25.3 Å². The van der Waals surface area contributed by atoms with Crippen molar-refractivity contribution in [3.8, 4) is 0 Å². The molecule has 5 heteroatoms. The van der Waals surface area contributed by atoms with Crippen molar-refractivity contribution in [1.29, 1.82) is 0 Å².